The summed E-state index contributed by atoms with van der Waals surface area (Å²) in [5.74, 6) is 0.873. The minimum absolute atomic E-state index is 0.160. The third-order valence-electron chi connectivity index (χ3n) is 4.51. The highest BCUT2D eigenvalue weighted by Gasteiger charge is 2.28. The average molecular weight is 338 g/mol. The average Bonchev–Trinajstić information content (AvgIpc) is 3.25. The Morgan fingerprint density at radius 1 is 1.36 bits per heavy atom. The first-order chi connectivity index (χ1) is 12.2. The molecular weight excluding hydrogens is 316 g/mol. The largest absolute Gasteiger partial charge is 0.305 e. The lowest BCUT2D eigenvalue weighted by Gasteiger charge is -2.08. The summed E-state index contributed by atoms with van der Waals surface area (Å²) in [6.07, 6.45) is 6.85. The minimum Gasteiger partial charge on any atom is -0.305 e. The van der Waals surface area contributed by atoms with Crippen molar-refractivity contribution in [2.75, 3.05) is 5.32 Å². The van der Waals surface area contributed by atoms with Crippen molar-refractivity contribution in [3.8, 4) is 0 Å². The Labute approximate surface area is 146 Å². The molecule has 0 aromatic carbocycles. The van der Waals surface area contributed by atoms with Crippen LogP contribution in [0.15, 0.2) is 24.5 Å². The number of anilines is 1. The van der Waals surface area contributed by atoms with Crippen LogP contribution in [-0.2, 0) is 13.1 Å². The fourth-order valence-corrected chi connectivity index (χ4v) is 3.01. The second kappa shape index (κ2) is 6.31. The lowest BCUT2D eigenvalue weighted by Crippen LogP contribution is -2.14. The number of amides is 1. The van der Waals surface area contributed by atoms with Gasteiger partial charge in [-0.15, -0.1) is 0 Å². The quantitative estimate of drug-likeness (QED) is 0.749. The molecule has 0 spiro atoms. The summed E-state index contributed by atoms with van der Waals surface area (Å²) >= 11 is 0. The first-order valence-corrected chi connectivity index (χ1v) is 8.90. The van der Waals surface area contributed by atoms with E-state index in [2.05, 4.69) is 22.4 Å². The van der Waals surface area contributed by atoms with Gasteiger partial charge in [-0.3, -0.25) is 9.48 Å². The molecule has 1 saturated carbocycles. The van der Waals surface area contributed by atoms with Crippen molar-refractivity contribution in [1.29, 1.82) is 0 Å². The van der Waals surface area contributed by atoms with Crippen molar-refractivity contribution in [3.63, 3.8) is 0 Å². The summed E-state index contributed by atoms with van der Waals surface area (Å²) in [7, 11) is 0. The number of hydrogen-bond donors (Lipinski definition) is 1. The maximum absolute atomic E-state index is 12.9. The Morgan fingerprint density at radius 2 is 2.20 bits per heavy atom. The van der Waals surface area contributed by atoms with E-state index in [0.717, 1.165) is 49.1 Å². The summed E-state index contributed by atoms with van der Waals surface area (Å²) in [6, 6.07) is 3.73. The topological polar surface area (TPSA) is 77.6 Å². The number of rotatable bonds is 6. The molecule has 3 heterocycles. The minimum atomic E-state index is -0.160. The summed E-state index contributed by atoms with van der Waals surface area (Å²) in [4.78, 5) is 17.6. The van der Waals surface area contributed by atoms with Gasteiger partial charge in [-0.1, -0.05) is 6.92 Å². The highest BCUT2D eigenvalue weighted by molar-refractivity contribution is 6.11. The first kappa shape index (κ1) is 15.8. The first-order valence-electron chi connectivity index (χ1n) is 8.90. The molecule has 0 atom stereocenters. The molecule has 3 aromatic heterocycles. The zero-order valence-electron chi connectivity index (χ0n) is 14.6. The van der Waals surface area contributed by atoms with E-state index in [1.54, 1.807) is 10.9 Å². The highest BCUT2D eigenvalue weighted by Crippen LogP contribution is 2.40. The Balaban J connectivity index is 1.72. The number of hydrogen-bond acceptors (Lipinski definition) is 4. The molecule has 25 heavy (non-hydrogen) atoms. The smallest absolute Gasteiger partial charge is 0.257 e. The predicted octanol–water partition coefficient (Wildman–Crippen LogP) is 3.19. The molecule has 1 N–H and O–H groups in total. The van der Waals surface area contributed by atoms with Crippen molar-refractivity contribution in [2.24, 2.45) is 0 Å². The Bertz CT molecular complexity index is 921. The maximum Gasteiger partial charge on any atom is 0.257 e. The second-order valence-electron chi connectivity index (χ2n) is 6.48. The number of nitrogens with one attached hydrogen (secondary N) is 1. The van der Waals surface area contributed by atoms with Crippen molar-refractivity contribution in [1.82, 2.24) is 24.5 Å². The normalized spacial score (nSPS) is 14.2. The molecule has 0 aliphatic heterocycles. The lowest BCUT2D eigenvalue weighted by atomic mass is 10.1. The maximum atomic E-state index is 12.9. The molecule has 4 rings (SSSR count). The van der Waals surface area contributed by atoms with Gasteiger partial charge in [-0.05, 0) is 32.3 Å². The fourth-order valence-electron chi connectivity index (χ4n) is 3.01. The van der Waals surface area contributed by atoms with Gasteiger partial charge in [0.1, 0.15) is 0 Å². The van der Waals surface area contributed by atoms with Crippen LogP contribution in [0.1, 0.15) is 55.1 Å². The molecule has 3 aromatic rings. The summed E-state index contributed by atoms with van der Waals surface area (Å²) < 4.78 is 3.68. The summed E-state index contributed by atoms with van der Waals surface area (Å²) in [6.45, 7) is 5.68. The SMILES string of the molecule is CCCn1ncc2c(C(=O)Nc3ccn(CC)n3)cc(C3CC3)nc21. The van der Waals surface area contributed by atoms with Gasteiger partial charge in [0, 0.05) is 37.0 Å². The van der Waals surface area contributed by atoms with E-state index in [0.29, 0.717) is 17.3 Å². The van der Waals surface area contributed by atoms with Crippen LogP contribution in [0.4, 0.5) is 5.82 Å². The molecule has 1 aliphatic rings. The zero-order chi connectivity index (χ0) is 17.4. The number of aryl methyl sites for hydroxylation is 2. The Hall–Kier alpha value is -2.70. The molecule has 0 saturated heterocycles. The molecular formula is C18H22N6O. The Kier molecular flexibility index (Phi) is 3.99. The van der Waals surface area contributed by atoms with Crippen LogP contribution >= 0.6 is 0 Å². The molecule has 0 unspecified atom stereocenters. The van der Waals surface area contributed by atoms with Crippen molar-refractivity contribution < 1.29 is 4.79 Å². The van der Waals surface area contributed by atoms with Gasteiger partial charge in [-0.2, -0.15) is 10.2 Å². The molecule has 1 fully saturated rings. The van der Waals surface area contributed by atoms with E-state index in [9.17, 15) is 4.79 Å². The fraction of sp³-hybridized carbons (Fsp3) is 0.444. The van der Waals surface area contributed by atoms with Gasteiger partial charge >= 0.3 is 0 Å². The number of aromatic nitrogens is 5. The molecule has 1 amide bonds. The van der Waals surface area contributed by atoms with Crippen LogP contribution in [0.5, 0.6) is 0 Å². The van der Waals surface area contributed by atoms with Gasteiger partial charge in [0.2, 0.25) is 0 Å². The molecule has 1 aliphatic carbocycles. The standard InChI is InChI=1S/C18H22N6O/c1-3-8-24-17-14(11-19-24)13(10-15(20-17)12-5-6-12)18(25)21-16-7-9-23(4-2)22-16/h7,9-12H,3-6,8H2,1-2H3,(H,21,22,25). The van der Waals surface area contributed by atoms with E-state index in [1.165, 1.54) is 0 Å². The van der Waals surface area contributed by atoms with Crippen LogP contribution in [0.25, 0.3) is 11.0 Å². The van der Waals surface area contributed by atoms with Crippen molar-refractivity contribution in [2.45, 2.75) is 52.1 Å². The lowest BCUT2D eigenvalue weighted by molar-refractivity contribution is 0.102. The third kappa shape index (κ3) is 3.01. The van der Waals surface area contributed by atoms with Gasteiger partial charge in [0.05, 0.1) is 17.1 Å². The van der Waals surface area contributed by atoms with Crippen LogP contribution in [0.3, 0.4) is 0 Å². The second-order valence-corrected chi connectivity index (χ2v) is 6.48. The van der Waals surface area contributed by atoms with Gasteiger partial charge in [-0.25, -0.2) is 9.67 Å². The van der Waals surface area contributed by atoms with E-state index in [1.807, 2.05) is 29.9 Å². The zero-order valence-corrected chi connectivity index (χ0v) is 14.6. The van der Waals surface area contributed by atoms with Gasteiger partial charge in [0.15, 0.2) is 11.5 Å². The predicted molar refractivity (Wildman–Crippen MR) is 95.6 cm³/mol. The van der Waals surface area contributed by atoms with Crippen LogP contribution < -0.4 is 5.32 Å². The Morgan fingerprint density at radius 3 is 2.88 bits per heavy atom. The molecule has 0 bridgehead atoms. The van der Waals surface area contributed by atoms with Gasteiger partial charge in [0.25, 0.3) is 5.91 Å². The molecule has 7 heteroatoms. The number of carbonyl (C=O) groups excluding carboxylic acids is 1. The highest BCUT2D eigenvalue weighted by atomic mass is 16.1. The number of carbonyl (C=O) groups is 1. The van der Waals surface area contributed by atoms with E-state index < -0.39 is 0 Å². The van der Waals surface area contributed by atoms with E-state index >= 15 is 0 Å². The molecule has 130 valence electrons. The molecule has 7 nitrogen and oxygen atoms in total. The summed E-state index contributed by atoms with van der Waals surface area (Å²) in [5.41, 5.74) is 2.42. The monoisotopic (exact) mass is 338 g/mol. The van der Waals surface area contributed by atoms with Crippen LogP contribution in [0, 0.1) is 0 Å². The van der Waals surface area contributed by atoms with Crippen molar-refractivity contribution in [3.05, 3.63) is 35.8 Å². The van der Waals surface area contributed by atoms with E-state index in [-0.39, 0.29) is 5.91 Å². The molecule has 0 radical (unpaired) electrons. The number of nitrogens with zero attached hydrogens (tertiary/aromatic N) is 5. The van der Waals surface area contributed by atoms with Crippen LogP contribution in [0.2, 0.25) is 0 Å². The van der Waals surface area contributed by atoms with E-state index in [4.69, 9.17) is 4.98 Å². The van der Waals surface area contributed by atoms with Gasteiger partial charge < -0.3 is 5.32 Å². The van der Waals surface area contributed by atoms with Crippen LogP contribution in [-0.4, -0.2) is 30.5 Å². The number of pyridine rings is 1. The number of fused-ring (bicyclic) bond motifs is 1. The van der Waals surface area contributed by atoms with Crippen molar-refractivity contribution >= 4 is 22.8 Å². The summed E-state index contributed by atoms with van der Waals surface area (Å²) in [5, 5.41) is 12.4. The third-order valence-corrected chi connectivity index (χ3v) is 4.51.